The molecule has 92 valence electrons. The van der Waals surface area contributed by atoms with Crippen molar-refractivity contribution in [1.82, 2.24) is 9.78 Å². The van der Waals surface area contributed by atoms with Gasteiger partial charge in [-0.05, 0) is 19.9 Å². The van der Waals surface area contributed by atoms with E-state index in [1.807, 2.05) is 6.92 Å². The standard InChI is InChI=1S/C11H14ClN3OS/c1-8(6-9(2)16)14-10(3)17-7-15-11(12)4-5-13-15/h4-6,16H,2,7H2,1,3H3/b8-6-,14-10?. The lowest BCUT2D eigenvalue weighted by Gasteiger charge is -2.03. The van der Waals surface area contributed by atoms with Gasteiger partial charge < -0.3 is 5.11 Å². The molecule has 0 saturated heterocycles. The number of aromatic nitrogens is 2. The second-order valence-electron chi connectivity index (χ2n) is 3.33. The van der Waals surface area contributed by atoms with E-state index in [0.29, 0.717) is 16.7 Å². The number of allylic oxidation sites excluding steroid dienone is 2. The van der Waals surface area contributed by atoms with Crippen molar-refractivity contribution in [1.29, 1.82) is 0 Å². The van der Waals surface area contributed by atoms with E-state index in [1.165, 1.54) is 17.8 Å². The van der Waals surface area contributed by atoms with Gasteiger partial charge in [0.25, 0.3) is 0 Å². The molecule has 0 fully saturated rings. The van der Waals surface area contributed by atoms with E-state index >= 15 is 0 Å². The molecular weight excluding hydrogens is 258 g/mol. The number of hydrogen-bond donors (Lipinski definition) is 1. The Balaban J connectivity index is 2.55. The topological polar surface area (TPSA) is 50.4 Å². The van der Waals surface area contributed by atoms with Crippen molar-refractivity contribution in [2.45, 2.75) is 19.7 Å². The fraction of sp³-hybridized carbons (Fsp3) is 0.273. The minimum absolute atomic E-state index is 0.000768. The predicted octanol–water partition coefficient (Wildman–Crippen LogP) is 3.62. The Morgan fingerprint density at radius 3 is 2.94 bits per heavy atom. The van der Waals surface area contributed by atoms with Gasteiger partial charge in [0.1, 0.15) is 10.9 Å². The van der Waals surface area contributed by atoms with E-state index in [2.05, 4.69) is 16.7 Å². The van der Waals surface area contributed by atoms with Crippen molar-refractivity contribution >= 4 is 28.4 Å². The Kier molecular flexibility index (Phi) is 5.31. The highest BCUT2D eigenvalue weighted by molar-refractivity contribution is 8.13. The molecule has 17 heavy (non-hydrogen) atoms. The van der Waals surface area contributed by atoms with E-state index in [9.17, 15) is 0 Å². The Hall–Kier alpha value is -1.20. The van der Waals surface area contributed by atoms with E-state index < -0.39 is 0 Å². The molecule has 1 heterocycles. The molecule has 0 atom stereocenters. The summed E-state index contributed by atoms with van der Waals surface area (Å²) >= 11 is 7.41. The Morgan fingerprint density at radius 2 is 2.41 bits per heavy atom. The molecule has 1 rings (SSSR count). The van der Waals surface area contributed by atoms with E-state index in [-0.39, 0.29) is 5.76 Å². The number of aliphatic hydroxyl groups is 1. The Bertz CT molecular complexity index is 465. The molecule has 0 aliphatic rings. The van der Waals surface area contributed by atoms with Crippen LogP contribution >= 0.6 is 23.4 Å². The molecule has 0 bridgehead atoms. The van der Waals surface area contributed by atoms with Crippen molar-refractivity contribution in [2.24, 2.45) is 4.99 Å². The fourth-order valence-electron chi connectivity index (χ4n) is 1.12. The average Bonchev–Trinajstić information content (AvgIpc) is 2.59. The van der Waals surface area contributed by atoms with Crippen LogP contribution in [0.3, 0.4) is 0 Å². The van der Waals surface area contributed by atoms with Gasteiger partial charge in [0.15, 0.2) is 0 Å². The summed E-state index contributed by atoms with van der Waals surface area (Å²) in [7, 11) is 0. The Morgan fingerprint density at radius 1 is 1.71 bits per heavy atom. The summed E-state index contributed by atoms with van der Waals surface area (Å²) in [6.07, 6.45) is 3.15. The van der Waals surface area contributed by atoms with Crippen LogP contribution < -0.4 is 0 Å². The molecule has 6 heteroatoms. The van der Waals surface area contributed by atoms with Gasteiger partial charge in [0.05, 0.1) is 17.1 Å². The maximum atomic E-state index is 8.97. The molecule has 1 aromatic rings. The highest BCUT2D eigenvalue weighted by atomic mass is 35.5. The van der Waals surface area contributed by atoms with Crippen LogP contribution in [0.25, 0.3) is 0 Å². The molecule has 0 saturated carbocycles. The van der Waals surface area contributed by atoms with Crippen LogP contribution in [0.2, 0.25) is 5.15 Å². The van der Waals surface area contributed by atoms with Crippen molar-refractivity contribution in [3.63, 3.8) is 0 Å². The zero-order chi connectivity index (χ0) is 12.8. The molecule has 0 aliphatic carbocycles. The number of thioether (sulfide) groups is 1. The molecule has 0 unspecified atom stereocenters. The van der Waals surface area contributed by atoms with Gasteiger partial charge in [-0.1, -0.05) is 29.9 Å². The summed E-state index contributed by atoms with van der Waals surface area (Å²) in [6, 6.07) is 1.73. The zero-order valence-corrected chi connectivity index (χ0v) is 11.3. The first-order valence-electron chi connectivity index (χ1n) is 4.90. The molecule has 0 aromatic carbocycles. The lowest BCUT2D eigenvalue weighted by Crippen LogP contribution is -1.98. The molecule has 0 spiro atoms. The number of halogens is 1. The SMILES string of the molecule is C=C(O)/C=C(/C)N=C(C)SCn1nccc1Cl. The maximum absolute atomic E-state index is 8.97. The minimum atomic E-state index is -0.000768. The largest absolute Gasteiger partial charge is 0.509 e. The van der Waals surface area contributed by atoms with Crippen LogP contribution in [0.5, 0.6) is 0 Å². The lowest BCUT2D eigenvalue weighted by molar-refractivity contribution is 0.434. The summed E-state index contributed by atoms with van der Waals surface area (Å²) in [5, 5.41) is 14.5. The summed E-state index contributed by atoms with van der Waals surface area (Å²) in [6.45, 7) is 7.06. The smallest absolute Gasteiger partial charge is 0.128 e. The van der Waals surface area contributed by atoms with E-state index in [4.69, 9.17) is 16.7 Å². The number of rotatable bonds is 4. The number of nitrogens with zero attached hydrogens (tertiary/aromatic N) is 3. The summed E-state index contributed by atoms with van der Waals surface area (Å²) < 4.78 is 1.68. The summed E-state index contributed by atoms with van der Waals surface area (Å²) in [5.41, 5.74) is 0.703. The monoisotopic (exact) mass is 271 g/mol. The van der Waals surface area contributed by atoms with Crippen molar-refractivity contribution in [3.05, 3.63) is 41.5 Å². The Labute approximate surface area is 110 Å². The zero-order valence-electron chi connectivity index (χ0n) is 9.72. The van der Waals surface area contributed by atoms with Crippen LogP contribution in [0.4, 0.5) is 0 Å². The molecule has 0 radical (unpaired) electrons. The molecule has 4 nitrogen and oxygen atoms in total. The third-order valence-electron chi connectivity index (χ3n) is 1.77. The first-order chi connectivity index (χ1) is 7.99. The fourth-order valence-corrected chi connectivity index (χ4v) is 2.07. The van der Waals surface area contributed by atoms with Gasteiger partial charge in [-0.3, -0.25) is 4.99 Å². The van der Waals surface area contributed by atoms with Crippen molar-refractivity contribution in [3.8, 4) is 0 Å². The van der Waals surface area contributed by atoms with Gasteiger partial charge in [0, 0.05) is 11.8 Å². The minimum Gasteiger partial charge on any atom is -0.509 e. The van der Waals surface area contributed by atoms with Crippen LogP contribution in [-0.4, -0.2) is 19.9 Å². The quantitative estimate of drug-likeness (QED) is 0.394. The van der Waals surface area contributed by atoms with E-state index in [0.717, 1.165) is 5.04 Å². The van der Waals surface area contributed by atoms with Crippen molar-refractivity contribution in [2.75, 3.05) is 0 Å². The lowest BCUT2D eigenvalue weighted by atomic mass is 10.4. The van der Waals surface area contributed by atoms with Crippen molar-refractivity contribution < 1.29 is 5.11 Å². The average molecular weight is 272 g/mol. The van der Waals surface area contributed by atoms with Gasteiger partial charge in [-0.2, -0.15) is 5.10 Å². The molecule has 0 amide bonds. The summed E-state index contributed by atoms with van der Waals surface area (Å²) in [4.78, 5) is 4.28. The molecular formula is C11H14ClN3OS. The number of aliphatic imine (C=N–C) groups is 1. The molecule has 1 aromatic heterocycles. The van der Waals surface area contributed by atoms with Crippen LogP contribution in [0.15, 0.2) is 41.4 Å². The van der Waals surface area contributed by atoms with E-state index in [1.54, 1.807) is 23.9 Å². The van der Waals surface area contributed by atoms with Crippen LogP contribution in [0.1, 0.15) is 13.8 Å². The second kappa shape index (κ2) is 6.51. The highest BCUT2D eigenvalue weighted by Crippen LogP contribution is 2.14. The second-order valence-corrected chi connectivity index (χ2v) is 4.86. The normalized spacial score (nSPS) is 12.9. The number of hydrogen-bond acceptors (Lipinski definition) is 4. The predicted molar refractivity (Wildman–Crippen MR) is 73.5 cm³/mol. The third kappa shape index (κ3) is 5.10. The summed E-state index contributed by atoms with van der Waals surface area (Å²) in [5.74, 6) is 0.605. The highest BCUT2D eigenvalue weighted by Gasteiger charge is 2.00. The third-order valence-corrected chi connectivity index (χ3v) is 2.97. The van der Waals surface area contributed by atoms with Crippen LogP contribution in [-0.2, 0) is 5.88 Å². The van der Waals surface area contributed by atoms with Gasteiger partial charge in [-0.25, -0.2) is 4.68 Å². The van der Waals surface area contributed by atoms with Crippen LogP contribution in [0, 0.1) is 0 Å². The molecule has 0 aliphatic heterocycles. The first kappa shape index (κ1) is 13.9. The maximum Gasteiger partial charge on any atom is 0.128 e. The number of aliphatic hydroxyl groups excluding tert-OH is 1. The van der Waals surface area contributed by atoms with Gasteiger partial charge >= 0.3 is 0 Å². The first-order valence-corrected chi connectivity index (χ1v) is 6.27. The molecule has 1 N–H and O–H groups in total. The van der Waals surface area contributed by atoms with Gasteiger partial charge in [-0.15, -0.1) is 0 Å². The van der Waals surface area contributed by atoms with Gasteiger partial charge in [0.2, 0.25) is 0 Å².